The van der Waals surface area contributed by atoms with E-state index < -0.39 is 36.0 Å². The van der Waals surface area contributed by atoms with Gasteiger partial charge in [-0.05, 0) is 89.3 Å². The van der Waals surface area contributed by atoms with Crippen molar-refractivity contribution in [3.8, 4) is 0 Å². The Bertz CT molecular complexity index is 1250. The van der Waals surface area contributed by atoms with E-state index in [0.717, 1.165) is 3.57 Å². The topological polar surface area (TPSA) is 119 Å². The molecule has 2 N–H and O–H groups in total. The van der Waals surface area contributed by atoms with Gasteiger partial charge in [0, 0.05) is 19.3 Å². The Balaban J connectivity index is 1.90. The summed E-state index contributed by atoms with van der Waals surface area (Å²) in [6.07, 6.45) is -4.18. The molecule has 0 heterocycles. The number of carboxylic acid groups (broad SMARTS) is 1. The molecule has 0 bridgehead atoms. The standard InChI is InChI=1S/C24H16Cl2INO7/c25-15-8-4-13(5-9-15)23(32)34-19(21(29)28-18-3-1-2-17(27)12-18)20(22(30)31)35-24(33)14-6-10-16(26)11-7-14/h1-12,19-20H,(H,28,29)(H,30,31)/t19-,20-/m0/s1. The number of benzene rings is 3. The number of ether oxygens (including phenoxy) is 2. The van der Waals surface area contributed by atoms with Crippen LogP contribution in [-0.2, 0) is 19.1 Å². The van der Waals surface area contributed by atoms with Gasteiger partial charge in [0.25, 0.3) is 5.91 Å². The van der Waals surface area contributed by atoms with E-state index in [0.29, 0.717) is 15.7 Å². The van der Waals surface area contributed by atoms with Crippen LogP contribution >= 0.6 is 45.8 Å². The van der Waals surface area contributed by atoms with E-state index in [4.69, 9.17) is 32.7 Å². The van der Waals surface area contributed by atoms with Crippen molar-refractivity contribution in [2.24, 2.45) is 0 Å². The SMILES string of the molecule is O=C(O[C@H](C(=O)O)[C@H](OC(=O)c1ccc(Cl)cc1)C(=O)Nc1cccc(I)c1)c1ccc(Cl)cc1. The lowest BCUT2D eigenvalue weighted by Crippen LogP contribution is -2.48. The molecule has 0 saturated heterocycles. The molecule has 0 aromatic heterocycles. The zero-order chi connectivity index (χ0) is 25.5. The van der Waals surface area contributed by atoms with Gasteiger partial charge < -0.3 is 19.9 Å². The first-order valence-corrected chi connectivity index (χ1v) is 11.7. The van der Waals surface area contributed by atoms with Crippen molar-refractivity contribution in [3.63, 3.8) is 0 Å². The third-order valence-corrected chi connectivity index (χ3v) is 5.67. The minimum absolute atomic E-state index is 0.00891. The van der Waals surface area contributed by atoms with E-state index in [-0.39, 0.29) is 11.1 Å². The number of hydrogen-bond donors (Lipinski definition) is 2. The highest BCUT2D eigenvalue weighted by molar-refractivity contribution is 14.1. The summed E-state index contributed by atoms with van der Waals surface area (Å²) in [5, 5.41) is 13.0. The molecule has 0 fully saturated rings. The van der Waals surface area contributed by atoms with E-state index in [1.54, 1.807) is 24.3 Å². The highest BCUT2D eigenvalue weighted by Gasteiger charge is 2.41. The molecule has 11 heteroatoms. The molecule has 8 nitrogen and oxygen atoms in total. The van der Waals surface area contributed by atoms with E-state index in [9.17, 15) is 24.3 Å². The summed E-state index contributed by atoms with van der Waals surface area (Å²) in [5.74, 6) is -4.77. The highest BCUT2D eigenvalue weighted by Crippen LogP contribution is 2.19. The number of nitrogens with one attached hydrogen (secondary N) is 1. The molecule has 0 spiro atoms. The highest BCUT2D eigenvalue weighted by atomic mass is 127. The van der Waals surface area contributed by atoms with Crippen molar-refractivity contribution < 1.29 is 33.8 Å². The normalized spacial score (nSPS) is 12.2. The quantitative estimate of drug-likeness (QED) is 0.264. The first-order chi connectivity index (χ1) is 16.6. The molecule has 0 aliphatic rings. The minimum atomic E-state index is -2.16. The number of carboxylic acids is 1. The zero-order valence-electron chi connectivity index (χ0n) is 17.6. The van der Waals surface area contributed by atoms with Crippen LogP contribution in [-0.4, -0.2) is 41.1 Å². The molecule has 35 heavy (non-hydrogen) atoms. The fourth-order valence-electron chi connectivity index (χ4n) is 2.81. The summed E-state index contributed by atoms with van der Waals surface area (Å²) in [5.41, 5.74) is 0.318. The van der Waals surface area contributed by atoms with Gasteiger partial charge in [0.2, 0.25) is 12.2 Å². The lowest BCUT2D eigenvalue weighted by Gasteiger charge is -2.23. The Morgan fingerprint density at radius 3 is 1.71 bits per heavy atom. The largest absolute Gasteiger partial charge is 0.478 e. The monoisotopic (exact) mass is 627 g/mol. The van der Waals surface area contributed by atoms with Gasteiger partial charge in [0.05, 0.1) is 11.1 Å². The average Bonchev–Trinajstić information content (AvgIpc) is 2.81. The number of carbonyl (C=O) groups excluding carboxylic acids is 3. The van der Waals surface area contributed by atoms with E-state index in [1.807, 2.05) is 22.6 Å². The molecule has 0 aliphatic carbocycles. The molecule has 0 saturated carbocycles. The molecule has 2 atom stereocenters. The van der Waals surface area contributed by atoms with Crippen molar-refractivity contribution in [2.75, 3.05) is 5.32 Å². The second-order valence-corrected chi connectivity index (χ2v) is 9.12. The van der Waals surface area contributed by atoms with E-state index in [1.165, 1.54) is 48.5 Å². The molecule has 3 rings (SSSR count). The lowest BCUT2D eigenvalue weighted by atomic mass is 10.1. The second kappa shape index (κ2) is 12.0. The fraction of sp³-hybridized carbons (Fsp3) is 0.0833. The summed E-state index contributed by atoms with van der Waals surface area (Å²) in [6, 6.07) is 17.6. The van der Waals surface area contributed by atoms with Crippen LogP contribution in [0.1, 0.15) is 20.7 Å². The zero-order valence-corrected chi connectivity index (χ0v) is 21.3. The van der Waals surface area contributed by atoms with Crippen LogP contribution < -0.4 is 5.32 Å². The molecular weight excluding hydrogens is 612 g/mol. The molecule has 0 radical (unpaired) electrons. The molecular formula is C24H16Cl2INO7. The van der Waals surface area contributed by atoms with Crippen LogP contribution in [0.25, 0.3) is 0 Å². The smallest absolute Gasteiger partial charge is 0.349 e. The molecule has 180 valence electrons. The van der Waals surface area contributed by atoms with Gasteiger partial charge in [0.15, 0.2) is 0 Å². The Hall–Kier alpha value is -3.15. The molecule has 3 aromatic rings. The van der Waals surface area contributed by atoms with Crippen LogP contribution in [0, 0.1) is 3.57 Å². The van der Waals surface area contributed by atoms with Crippen LogP contribution in [0.2, 0.25) is 10.0 Å². The average molecular weight is 628 g/mol. The summed E-state index contributed by atoms with van der Waals surface area (Å²) < 4.78 is 11.1. The van der Waals surface area contributed by atoms with Gasteiger partial charge >= 0.3 is 17.9 Å². The first-order valence-electron chi connectivity index (χ1n) is 9.86. The summed E-state index contributed by atoms with van der Waals surface area (Å²) >= 11 is 13.7. The molecule has 3 aromatic carbocycles. The van der Waals surface area contributed by atoms with Gasteiger partial charge in [-0.1, -0.05) is 29.3 Å². The number of aliphatic carboxylic acids is 1. The molecule has 1 amide bonds. The predicted octanol–water partition coefficient (Wildman–Crippen LogP) is 5.07. The maximum absolute atomic E-state index is 13.1. The second-order valence-electron chi connectivity index (χ2n) is 7.00. The van der Waals surface area contributed by atoms with Crippen molar-refractivity contribution >= 4 is 75.3 Å². The fourth-order valence-corrected chi connectivity index (χ4v) is 3.61. The Labute approximate surface area is 223 Å². The maximum Gasteiger partial charge on any atom is 0.349 e. The van der Waals surface area contributed by atoms with Crippen LogP contribution in [0.5, 0.6) is 0 Å². The lowest BCUT2D eigenvalue weighted by molar-refractivity contribution is -0.157. The van der Waals surface area contributed by atoms with Crippen LogP contribution in [0.15, 0.2) is 72.8 Å². The molecule has 0 aliphatic heterocycles. The van der Waals surface area contributed by atoms with Crippen molar-refractivity contribution in [3.05, 3.63) is 97.5 Å². The third kappa shape index (κ3) is 7.41. The van der Waals surface area contributed by atoms with E-state index >= 15 is 0 Å². The van der Waals surface area contributed by atoms with Gasteiger partial charge in [-0.2, -0.15) is 0 Å². The number of esters is 2. The van der Waals surface area contributed by atoms with Gasteiger partial charge in [-0.25, -0.2) is 14.4 Å². The Kier molecular flexibility index (Phi) is 9.07. The number of amides is 1. The summed E-state index contributed by atoms with van der Waals surface area (Å²) in [6.45, 7) is 0. The van der Waals surface area contributed by atoms with Crippen LogP contribution in [0.3, 0.4) is 0 Å². The first kappa shape index (κ1) is 26.5. The minimum Gasteiger partial charge on any atom is -0.478 e. The summed E-state index contributed by atoms with van der Waals surface area (Å²) in [7, 11) is 0. The van der Waals surface area contributed by atoms with Crippen molar-refractivity contribution in [2.45, 2.75) is 12.2 Å². The Morgan fingerprint density at radius 1 is 0.771 bits per heavy atom. The number of halogens is 3. The Morgan fingerprint density at radius 2 is 1.26 bits per heavy atom. The number of anilines is 1. The van der Waals surface area contributed by atoms with Gasteiger partial charge in [-0.15, -0.1) is 0 Å². The molecule has 0 unspecified atom stereocenters. The van der Waals surface area contributed by atoms with Crippen LogP contribution in [0.4, 0.5) is 5.69 Å². The number of carbonyl (C=O) groups is 4. The predicted molar refractivity (Wildman–Crippen MR) is 137 cm³/mol. The number of hydrogen-bond acceptors (Lipinski definition) is 6. The summed E-state index contributed by atoms with van der Waals surface area (Å²) in [4.78, 5) is 50.4. The number of rotatable bonds is 8. The van der Waals surface area contributed by atoms with Crippen molar-refractivity contribution in [1.82, 2.24) is 0 Å². The maximum atomic E-state index is 13.1. The van der Waals surface area contributed by atoms with Gasteiger partial charge in [-0.3, -0.25) is 4.79 Å². The van der Waals surface area contributed by atoms with Gasteiger partial charge in [0.1, 0.15) is 0 Å². The van der Waals surface area contributed by atoms with E-state index in [2.05, 4.69) is 5.32 Å². The van der Waals surface area contributed by atoms with Crippen molar-refractivity contribution in [1.29, 1.82) is 0 Å². The third-order valence-electron chi connectivity index (χ3n) is 4.50.